The summed E-state index contributed by atoms with van der Waals surface area (Å²) in [6.07, 6.45) is 1.04. The molecule has 0 radical (unpaired) electrons. The summed E-state index contributed by atoms with van der Waals surface area (Å²) in [7, 11) is 0. The highest BCUT2D eigenvalue weighted by Crippen LogP contribution is 2.34. The molecule has 0 aromatic heterocycles. The molecule has 94 valence electrons. The molecule has 0 saturated heterocycles. The summed E-state index contributed by atoms with van der Waals surface area (Å²) in [6.45, 7) is 6.27. The Labute approximate surface area is 111 Å². The molecule has 0 amide bonds. The molecule has 2 nitrogen and oxygen atoms in total. The van der Waals surface area contributed by atoms with E-state index in [0.717, 1.165) is 22.0 Å². The molecule has 1 unspecified atom stereocenters. The van der Waals surface area contributed by atoms with Gasteiger partial charge in [-0.15, -0.1) is 23.5 Å². The van der Waals surface area contributed by atoms with Crippen molar-refractivity contribution in [3.8, 4) is 0 Å². The molecule has 0 saturated carbocycles. The third-order valence-electron chi connectivity index (χ3n) is 2.40. The molecule has 4 heteroatoms. The predicted molar refractivity (Wildman–Crippen MR) is 75.4 cm³/mol. The fourth-order valence-corrected chi connectivity index (χ4v) is 3.36. The van der Waals surface area contributed by atoms with E-state index in [1.54, 1.807) is 23.5 Å². The fourth-order valence-electron chi connectivity index (χ4n) is 1.40. The van der Waals surface area contributed by atoms with E-state index < -0.39 is 5.97 Å². The van der Waals surface area contributed by atoms with Crippen LogP contribution in [0.5, 0.6) is 0 Å². The fraction of sp³-hybridized carbons (Fsp3) is 0.462. The molecule has 0 aliphatic rings. The molecule has 1 aromatic carbocycles. The number of carboxylic acid groups (broad SMARTS) is 1. The van der Waals surface area contributed by atoms with Gasteiger partial charge in [0.25, 0.3) is 0 Å². The zero-order valence-electron chi connectivity index (χ0n) is 10.4. The Morgan fingerprint density at radius 2 is 2.00 bits per heavy atom. The summed E-state index contributed by atoms with van der Waals surface area (Å²) in [4.78, 5) is 13.1. The van der Waals surface area contributed by atoms with Crippen molar-refractivity contribution in [1.29, 1.82) is 0 Å². The second kappa shape index (κ2) is 6.97. The Morgan fingerprint density at radius 3 is 2.53 bits per heavy atom. The highest BCUT2D eigenvalue weighted by atomic mass is 32.2. The summed E-state index contributed by atoms with van der Waals surface area (Å²) in [6, 6.07) is 5.73. The first kappa shape index (κ1) is 14.5. The summed E-state index contributed by atoms with van der Waals surface area (Å²) >= 11 is 3.23. The molecule has 0 bridgehead atoms. The summed E-state index contributed by atoms with van der Waals surface area (Å²) in [5.74, 6) is 0.0601. The Hall–Kier alpha value is -0.610. The molecule has 1 rings (SSSR count). The van der Waals surface area contributed by atoms with Crippen molar-refractivity contribution in [2.45, 2.75) is 42.2 Å². The molecule has 1 atom stereocenters. The predicted octanol–water partition coefficient (Wildman–Crippen LogP) is 4.39. The average Bonchev–Trinajstić information content (AvgIpc) is 2.29. The van der Waals surface area contributed by atoms with Crippen LogP contribution in [0.15, 0.2) is 28.0 Å². The third-order valence-corrected chi connectivity index (χ3v) is 4.67. The van der Waals surface area contributed by atoms with E-state index in [9.17, 15) is 9.90 Å². The van der Waals surface area contributed by atoms with Crippen molar-refractivity contribution in [3.05, 3.63) is 23.8 Å². The largest absolute Gasteiger partial charge is 0.478 e. The number of rotatable bonds is 6. The standard InChI is InChI=1S/C13H18O2S2/c1-4-9(3)17-11-8-6-7-10(16-5-2)12(11)13(14)15/h6-9H,4-5H2,1-3H3,(H,14,15). The van der Waals surface area contributed by atoms with Crippen LogP contribution >= 0.6 is 23.5 Å². The molecular formula is C13H18O2S2. The number of carbonyl (C=O) groups is 1. The number of hydrogen-bond acceptors (Lipinski definition) is 3. The van der Waals surface area contributed by atoms with E-state index in [2.05, 4.69) is 13.8 Å². The van der Waals surface area contributed by atoms with Gasteiger partial charge >= 0.3 is 5.97 Å². The molecule has 1 N–H and O–H groups in total. The van der Waals surface area contributed by atoms with Crippen molar-refractivity contribution in [2.24, 2.45) is 0 Å². The lowest BCUT2D eigenvalue weighted by molar-refractivity contribution is 0.0689. The van der Waals surface area contributed by atoms with Crippen LogP contribution in [0.3, 0.4) is 0 Å². The van der Waals surface area contributed by atoms with Gasteiger partial charge in [0.1, 0.15) is 0 Å². The van der Waals surface area contributed by atoms with Crippen molar-refractivity contribution >= 4 is 29.5 Å². The Morgan fingerprint density at radius 1 is 1.35 bits per heavy atom. The lowest BCUT2D eigenvalue weighted by atomic mass is 10.2. The number of aromatic carboxylic acids is 1. The third kappa shape index (κ3) is 3.96. The SMILES string of the molecule is CCSc1cccc(SC(C)CC)c1C(=O)O. The first-order valence-corrected chi connectivity index (χ1v) is 7.62. The monoisotopic (exact) mass is 270 g/mol. The smallest absolute Gasteiger partial charge is 0.337 e. The minimum atomic E-state index is -0.827. The van der Waals surface area contributed by atoms with Crippen LogP contribution in [-0.4, -0.2) is 22.1 Å². The zero-order valence-corrected chi connectivity index (χ0v) is 12.0. The maximum absolute atomic E-state index is 11.4. The normalized spacial score (nSPS) is 12.4. The molecule has 0 spiro atoms. The van der Waals surface area contributed by atoms with E-state index in [4.69, 9.17) is 0 Å². The summed E-state index contributed by atoms with van der Waals surface area (Å²) in [5, 5.41) is 9.77. The molecule has 1 aromatic rings. The van der Waals surface area contributed by atoms with Crippen LogP contribution in [0.1, 0.15) is 37.6 Å². The quantitative estimate of drug-likeness (QED) is 0.778. The maximum atomic E-state index is 11.4. The van der Waals surface area contributed by atoms with Gasteiger partial charge in [-0.1, -0.05) is 26.8 Å². The molecule has 0 aliphatic heterocycles. The number of carboxylic acids is 1. The van der Waals surface area contributed by atoms with E-state index in [1.165, 1.54) is 0 Å². The van der Waals surface area contributed by atoms with Gasteiger partial charge in [0.2, 0.25) is 0 Å². The summed E-state index contributed by atoms with van der Waals surface area (Å²) < 4.78 is 0. The first-order valence-electron chi connectivity index (χ1n) is 5.75. The van der Waals surface area contributed by atoms with Gasteiger partial charge in [0.15, 0.2) is 0 Å². The van der Waals surface area contributed by atoms with E-state index in [1.807, 2.05) is 25.1 Å². The van der Waals surface area contributed by atoms with Gasteiger partial charge in [0, 0.05) is 15.0 Å². The van der Waals surface area contributed by atoms with Crippen molar-refractivity contribution < 1.29 is 9.90 Å². The second-order valence-electron chi connectivity index (χ2n) is 3.70. The maximum Gasteiger partial charge on any atom is 0.337 e. The van der Waals surface area contributed by atoms with Crippen molar-refractivity contribution in [3.63, 3.8) is 0 Å². The Balaban J connectivity index is 3.10. The highest BCUT2D eigenvalue weighted by molar-refractivity contribution is 8.00. The van der Waals surface area contributed by atoms with Gasteiger partial charge in [0.05, 0.1) is 5.56 Å². The van der Waals surface area contributed by atoms with E-state index >= 15 is 0 Å². The van der Waals surface area contributed by atoms with Gasteiger partial charge in [-0.25, -0.2) is 4.79 Å². The molecular weight excluding hydrogens is 252 g/mol. The second-order valence-corrected chi connectivity index (χ2v) is 6.49. The lowest BCUT2D eigenvalue weighted by Crippen LogP contribution is -2.03. The minimum Gasteiger partial charge on any atom is -0.478 e. The lowest BCUT2D eigenvalue weighted by Gasteiger charge is -2.13. The molecule has 0 heterocycles. The minimum absolute atomic E-state index is 0.440. The van der Waals surface area contributed by atoms with Crippen LogP contribution in [0.2, 0.25) is 0 Å². The van der Waals surface area contributed by atoms with Gasteiger partial charge in [-0.3, -0.25) is 0 Å². The number of thioether (sulfide) groups is 2. The topological polar surface area (TPSA) is 37.3 Å². The molecule has 0 fully saturated rings. The van der Waals surface area contributed by atoms with Gasteiger partial charge in [-0.2, -0.15) is 0 Å². The molecule has 17 heavy (non-hydrogen) atoms. The van der Waals surface area contributed by atoms with Crippen LogP contribution in [0.4, 0.5) is 0 Å². The van der Waals surface area contributed by atoms with Crippen LogP contribution in [0.25, 0.3) is 0 Å². The first-order chi connectivity index (χ1) is 8.10. The van der Waals surface area contributed by atoms with E-state index in [-0.39, 0.29) is 0 Å². The Kier molecular flexibility index (Phi) is 5.92. The van der Waals surface area contributed by atoms with Crippen molar-refractivity contribution in [2.75, 3.05) is 5.75 Å². The molecule has 0 aliphatic carbocycles. The van der Waals surface area contributed by atoms with Crippen LogP contribution < -0.4 is 0 Å². The highest BCUT2D eigenvalue weighted by Gasteiger charge is 2.17. The van der Waals surface area contributed by atoms with Crippen molar-refractivity contribution in [1.82, 2.24) is 0 Å². The Bertz CT molecular complexity index is 391. The number of hydrogen-bond donors (Lipinski definition) is 1. The average molecular weight is 270 g/mol. The number of benzene rings is 1. The summed E-state index contributed by atoms with van der Waals surface area (Å²) in [5.41, 5.74) is 0.463. The van der Waals surface area contributed by atoms with Crippen LogP contribution in [-0.2, 0) is 0 Å². The van der Waals surface area contributed by atoms with E-state index in [0.29, 0.717) is 10.8 Å². The van der Waals surface area contributed by atoms with Gasteiger partial charge in [-0.05, 0) is 24.3 Å². The van der Waals surface area contributed by atoms with Gasteiger partial charge < -0.3 is 5.11 Å². The zero-order chi connectivity index (χ0) is 12.8. The van der Waals surface area contributed by atoms with Crippen LogP contribution in [0, 0.1) is 0 Å².